The van der Waals surface area contributed by atoms with Gasteiger partial charge in [-0.25, -0.2) is 0 Å². The predicted molar refractivity (Wildman–Crippen MR) is 117 cm³/mol. The Labute approximate surface area is 176 Å². The van der Waals surface area contributed by atoms with E-state index in [9.17, 15) is 9.59 Å². The first-order chi connectivity index (χ1) is 14.6. The Morgan fingerprint density at radius 2 is 1.63 bits per heavy atom. The van der Waals surface area contributed by atoms with Crippen LogP contribution in [-0.4, -0.2) is 42.9 Å². The van der Waals surface area contributed by atoms with Gasteiger partial charge in [0.1, 0.15) is 0 Å². The molecule has 4 rings (SSSR count). The first-order valence-electron chi connectivity index (χ1n) is 10.2. The predicted octanol–water partition coefficient (Wildman–Crippen LogP) is 4.06. The summed E-state index contributed by atoms with van der Waals surface area (Å²) in [5, 5.41) is 2.94. The number of nitrogens with zero attached hydrogens (tertiary/aromatic N) is 2. The number of anilines is 2. The lowest BCUT2D eigenvalue weighted by molar-refractivity contribution is 0.0714. The fraction of sp³-hybridized carbons (Fsp3) is 0.250. The van der Waals surface area contributed by atoms with Crippen LogP contribution in [0.25, 0.3) is 0 Å². The van der Waals surface area contributed by atoms with Crippen molar-refractivity contribution in [1.29, 1.82) is 0 Å². The Morgan fingerprint density at radius 3 is 2.23 bits per heavy atom. The zero-order valence-corrected chi connectivity index (χ0v) is 17.0. The minimum atomic E-state index is -0.115. The van der Waals surface area contributed by atoms with Crippen molar-refractivity contribution >= 4 is 23.2 Å². The third-order valence-electron chi connectivity index (χ3n) is 5.41. The van der Waals surface area contributed by atoms with Crippen LogP contribution in [-0.2, 0) is 6.42 Å². The third kappa shape index (κ3) is 4.38. The van der Waals surface area contributed by atoms with Crippen molar-refractivity contribution in [3.05, 3.63) is 83.8 Å². The molecule has 0 radical (unpaired) electrons. The number of piperazine rings is 1. The van der Waals surface area contributed by atoms with E-state index in [2.05, 4.69) is 17.1 Å². The van der Waals surface area contributed by atoms with Crippen LogP contribution in [0.4, 0.5) is 11.4 Å². The Morgan fingerprint density at radius 1 is 0.933 bits per heavy atom. The van der Waals surface area contributed by atoms with Crippen LogP contribution >= 0.6 is 0 Å². The number of carbonyl (C=O) groups excluding carboxylic acids is 2. The highest BCUT2D eigenvalue weighted by Crippen LogP contribution is 2.21. The number of furan rings is 1. The van der Waals surface area contributed by atoms with E-state index in [1.165, 1.54) is 11.8 Å². The number of benzene rings is 2. The fourth-order valence-electron chi connectivity index (χ4n) is 3.57. The molecular formula is C24H25N3O3. The summed E-state index contributed by atoms with van der Waals surface area (Å²) in [6, 6.07) is 18.9. The number of aryl methyl sites for hydroxylation is 1. The van der Waals surface area contributed by atoms with Gasteiger partial charge in [0.2, 0.25) is 0 Å². The Balaban J connectivity index is 1.32. The lowest BCUT2D eigenvalue weighted by atomic mass is 10.1. The molecule has 1 N–H and O–H groups in total. The Kier molecular flexibility index (Phi) is 5.84. The van der Waals surface area contributed by atoms with Gasteiger partial charge in [0.15, 0.2) is 5.76 Å². The summed E-state index contributed by atoms with van der Waals surface area (Å²) in [7, 11) is 0. The maximum atomic E-state index is 12.4. The van der Waals surface area contributed by atoms with E-state index in [0.29, 0.717) is 24.4 Å². The topological polar surface area (TPSA) is 65.8 Å². The minimum absolute atomic E-state index is 0.0651. The van der Waals surface area contributed by atoms with E-state index in [-0.39, 0.29) is 11.8 Å². The third-order valence-corrected chi connectivity index (χ3v) is 5.41. The summed E-state index contributed by atoms with van der Waals surface area (Å²) in [6.45, 7) is 4.88. The molecule has 6 nitrogen and oxygen atoms in total. The molecule has 1 aliphatic rings. The van der Waals surface area contributed by atoms with Crippen LogP contribution in [0.2, 0.25) is 0 Å². The largest absolute Gasteiger partial charge is 0.459 e. The van der Waals surface area contributed by atoms with Gasteiger partial charge in [0, 0.05) is 43.1 Å². The lowest BCUT2D eigenvalue weighted by Crippen LogP contribution is -2.48. The second-order valence-corrected chi connectivity index (χ2v) is 7.31. The first kappa shape index (κ1) is 19.8. The molecule has 2 heterocycles. The molecule has 1 aromatic heterocycles. The van der Waals surface area contributed by atoms with Gasteiger partial charge in [0.05, 0.1) is 6.26 Å². The van der Waals surface area contributed by atoms with Crippen LogP contribution in [0.5, 0.6) is 0 Å². The van der Waals surface area contributed by atoms with E-state index in [0.717, 1.165) is 30.9 Å². The molecule has 0 bridgehead atoms. The van der Waals surface area contributed by atoms with E-state index in [4.69, 9.17) is 4.42 Å². The summed E-state index contributed by atoms with van der Waals surface area (Å²) in [5.41, 5.74) is 3.69. The van der Waals surface area contributed by atoms with Gasteiger partial charge in [-0.2, -0.15) is 0 Å². The van der Waals surface area contributed by atoms with Gasteiger partial charge in [-0.1, -0.05) is 19.1 Å². The van der Waals surface area contributed by atoms with Crippen molar-refractivity contribution in [3.8, 4) is 0 Å². The van der Waals surface area contributed by atoms with Crippen LogP contribution in [0.3, 0.4) is 0 Å². The van der Waals surface area contributed by atoms with Crippen molar-refractivity contribution in [2.75, 3.05) is 36.4 Å². The number of nitrogens with one attached hydrogen (secondary N) is 1. The van der Waals surface area contributed by atoms with E-state index in [1.54, 1.807) is 12.1 Å². The van der Waals surface area contributed by atoms with Crippen molar-refractivity contribution < 1.29 is 14.0 Å². The molecule has 0 spiro atoms. The highest BCUT2D eigenvalue weighted by atomic mass is 16.3. The van der Waals surface area contributed by atoms with Crippen molar-refractivity contribution in [2.24, 2.45) is 0 Å². The molecule has 0 atom stereocenters. The Hall–Kier alpha value is -3.54. The van der Waals surface area contributed by atoms with Crippen LogP contribution < -0.4 is 10.2 Å². The average Bonchev–Trinajstić information content (AvgIpc) is 3.34. The second kappa shape index (κ2) is 8.86. The molecule has 1 saturated heterocycles. The summed E-state index contributed by atoms with van der Waals surface area (Å²) in [5.74, 6) is 0.202. The number of hydrogen-bond acceptors (Lipinski definition) is 4. The molecule has 30 heavy (non-hydrogen) atoms. The Bertz CT molecular complexity index is 987. The lowest BCUT2D eigenvalue weighted by Gasteiger charge is -2.35. The highest BCUT2D eigenvalue weighted by Gasteiger charge is 2.23. The molecular weight excluding hydrogens is 378 g/mol. The van der Waals surface area contributed by atoms with E-state index in [1.807, 2.05) is 53.4 Å². The van der Waals surface area contributed by atoms with Crippen LogP contribution in [0, 0.1) is 0 Å². The number of amides is 2. The minimum Gasteiger partial charge on any atom is -0.459 e. The summed E-state index contributed by atoms with van der Waals surface area (Å²) >= 11 is 0. The number of carbonyl (C=O) groups is 2. The van der Waals surface area contributed by atoms with Gasteiger partial charge in [-0.05, 0) is 60.5 Å². The summed E-state index contributed by atoms with van der Waals surface area (Å²) in [6.07, 6.45) is 2.47. The molecule has 1 fully saturated rings. The molecule has 3 aromatic rings. The highest BCUT2D eigenvalue weighted by molar-refractivity contribution is 6.04. The van der Waals surface area contributed by atoms with E-state index < -0.39 is 0 Å². The normalized spacial score (nSPS) is 13.9. The molecule has 2 aromatic carbocycles. The molecule has 0 saturated carbocycles. The van der Waals surface area contributed by atoms with Crippen molar-refractivity contribution in [1.82, 2.24) is 4.90 Å². The molecule has 6 heteroatoms. The molecule has 1 aliphatic heterocycles. The first-order valence-corrected chi connectivity index (χ1v) is 10.2. The van der Waals surface area contributed by atoms with Gasteiger partial charge in [-0.3, -0.25) is 9.59 Å². The summed E-state index contributed by atoms with van der Waals surface area (Å²) in [4.78, 5) is 28.9. The van der Waals surface area contributed by atoms with Crippen molar-refractivity contribution in [3.63, 3.8) is 0 Å². The fourth-order valence-corrected chi connectivity index (χ4v) is 3.57. The maximum Gasteiger partial charge on any atom is 0.289 e. The van der Waals surface area contributed by atoms with Gasteiger partial charge in [-0.15, -0.1) is 0 Å². The SMILES string of the molecule is CCc1ccc(C(=O)Nc2ccc(N3CCN(C(=O)c4ccco4)CC3)cc2)cc1. The number of hydrogen-bond donors (Lipinski definition) is 1. The van der Waals surface area contributed by atoms with Crippen LogP contribution in [0.1, 0.15) is 33.4 Å². The molecule has 0 unspecified atom stereocenters. The van der Waals surface area contributed by atoms with Gasteiger partial charge in [0.25, 0.3) is 11.8 Å². The molecule has 2 amide bonds. The van der Waals surface area contributed by atoms with E-state index >= 15 is 0 Å². The zero-order chi connectivity index (χ0) is 20.9. The summed E-state index contributed by atoms with van der Waals surface area (Å²) < 4.78 is 5.21. The second-order valence-electron chi connectivity index (χ2n) is 7.31. The maximum absolute atomic E-state index is 12.4. The molecule has 0 aliphatic carbocycles. The van der Waals surface area contributed by atoms with Gasteiger partial charge >= 0.3 is 0 Å². The smallest absolute Gasteiger partial charge is 0.289 e. The average molecular weight is 403 g/mol. The monoisotopic (exact) mass is 403 g/mol. The zero-order valence-electron chi connectivity index (χ0n) is 17.0. The van der Waals surface area contributed by atoms with Crippen LogP contribution in [0.15, 0.2) is 71.3 Å². The van der Waals surface area contributed by atoms with Crippen molar-refractivity contribution in [2.45, 2.75) is 13.3 Å². The standard InChI is InChI=1S/C24H25N3O3/c1-2-18-5-7-19(8-6-18)23(28)25-20-9-11-21(12-10-20)26-13-15-27(16-14-26)24(29)22-4-3-17-30-22/h3-12,17H,2,13-16H2,1H3,(H,25,28). The van der Waals surface area contributed by atoms with Gasteiger partial charge < -0.3 is 19.5 Å². The number of rotatable bonds is 5. The molecule has 154 valence electrons. The quantitative estimate of drug-likeness (QED) is 0.698.